The molecule has 2 heterocycles. The van der Waals surface area contributed by atoms with E-state index in [-0.39, 0.29) is 16.9 Å². The van der Waals surface area contributed by atoms with Crippen molar-refractivity contribution >= 4 is 32.7 Å². The van der Waals surface area contributed by atoms with Gasteiger partial charge in [-0.25, -0.2) is 13.1 Å². The van der Waals surface area contributed by atoms with Crippen LogP contribution in [-0.4, -0.2) is 46.0 Å². The first-order valence-corrected chi connectivity index (χ1v) is 14.1. The van der Waals surface area contributed by atoms with Crippen molar-refractivity contribution in [3.63, 3.8) is 0 Å². The highest BCUT2D eigenvalue weighted by Gasteiger charge is 2.31. The van der Waals surface area contributed by atoms with Gasteiger partial charge in [0.25, 0.3) is 0 Å². The second-order valence-electron chi connectivity index (χ2n) is 10.8. The van der Waals surface area contributed by atoms with Gasteiger partial charge in [0.2, 0.25) is 15.9 Å². The lowest BCUT2D eigenvalue weighted by Crippen LogP contribution is -2.42. The Kier molecular flexibility index (Phi) is 7.45. The topological polar surface area (TPSA) is 97.2 Å². The lowest BCUT2D eigenvalue weighted by molar-refractivity contribution is -0.116. The molecule has 0 radical (unpaired) electrons. The smallest absolute Gasteiger partial charge is 0.245 e. The molecule has 2 aromatic carbocycles. The van der Waals surface area contributed by atoms with Gasteiger partial charge >= 0.3 is 0 Å². The molecule has 9 heteroatoms. The average Bonchev–Trinajstić information content (AvgIpc) is 3.27. The average molecular weight is 534 g/mol. The summed E-state index contributed by atoms with van der Waals surface area (Å²) in [6.45, 7) is 13.4. The minimum atomic E-state index is -4.02. The second kappa shape index (κ2) is 10.3. The van der Waals surface area contributed by atoms with E-state index in [0.717, 1.165) is 22.5 Å². The molecule has 0 aliphatic heterocycles. The minimum absolute atomic E-state index is 0.0764. The number of aryl methyl sites for hydroxylation is 1. The van der Waals surface area contributed by atoms with Crippen molar-refractivity contribution in [3.8, 4) is 5.69 Å². The summed E-state index contributed by atoms with van der Waals surface area (Å²) < 4.78 is 30.5. The van der Waals surface area contributed by atoms with Gasteiger partial charge in [-0.2, -0.15) is 9.40 Å². The quantitative estimate of drug-likeness (QED) is 0.344. The van der Waals surface area contributed by atoms with Crippen LogP contribution in [0.2, 0.25) is 0 Å². The Morgan fingerprint density at radius 3 is 2.42 bits per heavy atom. The molecule has 0 aliphatic rings. The first-order chi connectivity index (χ1) is 17.8. The van der Waals surface area contributed by atoms with Crippen LogP contribution in [0.1, 0.15) is 51.4 Å². The van der Waals surface area contributed by atoms with E-state index in [1.165, 1.54) is 10.4 Å². The van der Waals surface area contributed by atoms with Gasteiger partial charge in [-0.3, -0.25) is 9.78 Å². The summed E-state index contributed by atoms with van der Waals surface area (Å²) in [6, 6.07) is 15.9. The molecule has 0 aliphatic carbocycles. The molecular formula is C29H35N5O3S. The van der Waals surface area contributed by atoms with Crippen LogP contribution in [0.4, 0.5) is 5.82 Å². The number of anilines is 1. The van der Waals surface area contributed by atoms with E-state index in [2.05, 4.69) is 31.1 Å². The summed E-state index contributed by atoms with van der Waals surface area (Å²) in [4.78, 5) is 17.8. The number of carbonyl (C=O) groups is 1. The van der Waals surface area contributed by atoms with Crippen molar-refractivity contribution in [1.29, 1.82) is 0 Å². The molecule has 38 heavy (non-hydrogen) atoms. The van der Waals surface area contributed by atoms with E-state index >= 15 is 0 Å². The molecule has 4 aromatic rings. The lowest BCUT2D eigenvalue weighted by Gasteiger charge is -2.25. The van der Waals surface area contributed by atoms with E-state index in [1.807, 2.05) is 50.2 Å². The van der Waals surface area contributed by atoms with Gasteiger partial charge in [0.05, 0.1) is 23.4 Å². The Labute approximate surface area is 224 Å². The van der Waals surface area contributed by atoms with Crippen LogP contribution >= 0.6 is 0 Å². The highest BCUT2D eigenvalue weighted by molar-refractivity contribution is 7.89. The van der Waals surface area contributed by atoms with Crippen LogP contribution in [0, 0.1) is 13.8 Å². The number of nitrogens with zero attached hydrogens (tertiary/aromatic N) is 4. The number of amides is 1. The maximum Gasteiger partial charge on any atom is 0.245 e. The van der Waals surface area contributed by atoms with Crippen LogP contribution in [0.25, 0.3) is 16.6 Å². The third-order valence-electron chi connectivity index (χ3n) is 6.61. The molecule has 0 unspecified atom stereocenters. The zero-order valence-electron chi connectivity index (χ0n) is 23.0. The molecule has 1 N–H and O–H groups in total. The molecule has 1 amide bonds. The maximum atomic E-state index is 13.8. The number of carbonyl (C=O) groups excluding carboxylic acids is 1. The van der Waals surface area contributed by atoms with Crippen LogP contribution in [0.15, 0.2) is 65.7 Å². The standard InChI is InChI=1S/C29H35N5O3S/c1-19(2)33(38(36,37)24-15-9-12-22-13-10-16-30-28(22)24)18-27(35)31-26-17-25(29(5,6)7)32-34(26)23-14-8-11-20(3)21(23)4/h8-17,19H,18H2,1-7H3,(H,31,35). The summed E-state index contributed by atoms with van der Waals surface area (Å²) in [7, 11) is -4.02. The number of sulfonamides is 1. The SMILES string of the molecule is Cc1cccc(-n2nc(C(C)(C)C)cc2NC(=O)CN(C(C)C)S(=O)(=O)c2cccc3cccnc23)c1C. The van der Waals surface area contributed by atoms with Crippen molar-refractivity contribution in [3.05, 3.63) is 77.6 Å². The van der Waals surface area contributed by atoms with E-state index < -0.39 is 22.0 Å². The number of hydrogen-bond donors (Lipinski definition) is 1. The normalized spacial score (nSPS) is 12.4. The predicted octanol–water partition coefficient (Wildman–Crippen LogP) is 5.37. The minimum Gasteiger partial charge on any atom is -0.309 e. The highest BCUT2D eigenvalue weighted by Crippen LogP contribution is 2.29. The molecule has 0 bridgehead atoms. The summed E-state index contributed by atoms with van der Waals surface area (Å²) in [6.07, 6.45) is 1.56. The van der Waals surface area contributed by atoms with Gasteiger partial charge in [0, 0.05) is 29.1 Å². The molecule has 200 valence electrons. The number of aromatic nitrogens is 3. The number of hydrogen-bond acceptors (Lipinski definition) is 5. The van der Waals surface area contributed by atoms with E-state index in [1.54, 1.807) is 36.9 Å². The van der Waals surface area contributed by atoms with Gasteiger partial charge < -0.3 is 5.32 Å². The fourth-order valence-corrected chi connectivity index (χ4v) is 6.03. The Morgan fingerprint density at radius 1 is 1.05 bits per heavy atom. The maximum absolute atomic E-state index is 13.8. The summed E-state index contributed by atoms with van der Waals surface area (Å²) in [5, 5.41) is 8.46. The number of nitrogens with one attached hydrogen (secondary N) is 1. The zero-order valence-corrected chi connectivity index (χ0v) is 23.8. The third-order valence-corrected chi connectivity index (χ3v) is 8.66. The van der Waals surface area contributed by atoms with Crippen LogP contribution < -0.4 is 5.32 Å². The monoisotopic (exact) mass is 533 g/mol. The van der Waals surface area contributed by atoms with Gasteiger partial charge in [-0.05, 0) is 57.0 Å². The number of rotatable bonds is 7. The number of pyridine rings is 1. The third kappa shape index (κ3) is 5.35. The first-order valence-electron chi connectivity index (χ1n) is 12.6. The molecule has 0 spiro atoms. The first kappa shape index (κ1) is 27.5. The Balaban J connectivity index is 1.69. The van der Waals surface area contributed by atoms with Crippen molar-refractivity contribution < 1.29 is 13.2 Å². The van der Waals surface area contributed by atoms with Crippen LogP contribution in [-0.2, 0) is 20.2 Å². The van der Waals surface area contributed by atoms with Gasteiger partial charge in [0.1, 0.15) is 10.7 Å². The van der Waals surface area contributed by atoms with Crippen molar-refractivity contribution in [2.45, 2.75) is 64.8 Å². The lowest BCUT2D eigenvalue weighted by atomic mass is 9.92. The van der Waals surface area contributed by atoms with Crippen molar-refractivity contribution in [2.75, 3.05) is 11.9 Å². The second-order valence-corrected chi connectivity index (χ2v) is 12.7. The Hall–Kier alpha value is -3.56. The van der Waals surface area contributed by atoms with Gasteiger partial charge in [0.15, 0.2) is 0 Å². The molecule has 8 nitrogen and oxygen atoms in total. The van der Waals surface area contributed by atoms with Crippen molar-refractivity contribution in [2.24, 2.45) is 0 Å². The van der Waals surface area contributed by atoms with E-state index in [9.17, 15) is 13.2 Å². The molecule has 4 rings (SSSR count). The molecule has 2 aromatic heterocycles. The summed E-state index contributed by atoms with van der Waals surface area (Å²) >= 11 is 0. The van der Waals surface area contributed by atoms with Gasteiger partial charge in [-0.1, -0.05) is 51.1 Å². The Bertz CT molecular complexity index is 1600. The number of benzene rings is 2. The van der Waals surface area contributed by atoms with Crippen LogP contribution in [0.5, 0.6) is 0 Å². The fourth-order valence-electron chi connectivity index (χ4n) is 4.27. The number of fused-ring (bicyclic) bond motifs is 1. The van der Waals surface area contributed by atoms with Gasteiger partial charge in [-0.15, -0.1) is 0 Å². The highest BCUT2D eigenvalue weighted by atomic mass is 32.2. The van der Waals surface area contributed by atoms with E-state index in [0.29, 0.717) is 16.7 Å². The molecule has 0 fully saturated rings. The zero-order chi connectivity index (χ0) is 27.8. The molecule has 0 atom stereocenters. The molecular weight excluding hydrogens is 498 g/mol. The molecule has 0 saturated carbocycles. The summed E-state index contributed by atoms with van der Waals surface area (Å²) in [5.41, 5.74) is 3.94. The van der Waals surface area contributed by atoms with Crippen LogP contribution in [0.3, 0.4) is 0 Å². The number of para-hydroxylation sites is 1. The predicted molar refractivity (Wildman–Crippen MR) is 151 cm³/mol. The van der Waals surface area contributed by atoms with E-state index in [4.69, 9.17) is 5.10 Å². The van der Waals surface area contributed by atoms with Crippen molar-refractivity contribution in [1.82, 2.24) is 19.1 Å². The largest absolute Gasteiger partial charge is 0.309 e. The fraction of sp³-hybridized carbons (Fsp3) is 0.345. The molecule has 0 saturated heterocycles. The summed E-state index contributed by atoms with van der Waals surface area (Å²) in [5.74, 6) is 0.0314. The Morgan fingerprint density at radius 2 is 1.74 bits per heavy atom.